The van der Waals surface area contributed by atoms with E-state index in [-0.39, 0.29) is 5.41 Å². The van der Waals surface area contributed by atoms with Crippen LogP contribution in [0.5, 0.6) is 0 Å². The number of hydrogen-bond acceptors (Lipinski definition) is 2. The Balaban J connectivity index is 0.000000461. The molecule has 0 bridgehead atoms. The summed E-state index contributed by atoms with van der Waals surface area (Å²) in [6, 6.07) is 0. The van der Waals surface area contributed by atoms with Crippen molar-refractivity contribution in [1.82, 2.24) is 5.32 Å². The summed E-state index contributed by atoms with van der Waals surface area (Å²) >= 11 is 0. The van der Waals surface area contributed by atoms with E-state index in [4.69, 9.17) is 5.11 Å². The molecule has 2 N–H and O–H groups in total. The van der Waals surface area contributed by atoms with E-state index in [2.05, 4.69) is 5.32 Å². The SMILES string of the molecule is CC.CNCC1(CO)CCC1. The third kappa shape index (κ3) is 2.80. The van der Waals surface area contributed by atoms with Gasteiger partial charge in [-0.05, 0) is 19.9 Å². The van der Waals surface area contributed by atoms with Gasteiger partial charge in [0.25, 0.3) is 0 Å². The number of nitrogens with one attached hydrogen (secondary N) is 1. The Labute approximate surface area is 70.0 Å². The minimum absolute atomic E-state index is 0.259. The van der Waals surface area contributed by atoms with Gasteiger partial charge in [-0.25, -0.2) is 0 Å². The number of hydrogen-bond donors (Lipinski definition) is 2. The Bertz CT molecular complexity index is 84.1. The average Bonchev–Trinajstić information content (AvgIpc) is 2.01. The maximum absolute atomic E-state index is 8.93. The predicted octanol–water partition coefficient (Wildman–Crippen LogP) is 1.39. The lowest BCUT2D eigenvalue weighted by atomic mass is 9.69. The summed E-state index contributed by atoms with van der Waals surface area (Å²) in [5, 5.41) is 12.0. The van der Waals surface area contributed by atoms with Crippen LogP contribution in [-0.4, -0.2) is 25.3 Å². The molecule has 0 aromatic rings. The second-order valence-electron chi connectivity index (χ2n) is 3.04. The summed E-state index contributed by atoms with van der Waals surface area (Å²) in [7, 11) is 1.94. The highest BCUT2D eigenvalue weighted by Crippen LogP contribution is 2.39. The largest absolute Gasteiger partial charge is 0.396 e. The molecule has 0 atom stereocenters. The fourth-order valence-electron chi connectivity index (χ4n) is 1.44. The van der Waals surface area contributed by atoms with E-state index in [9.17, 15) is 0 Å². The minimum Gasteiger partial charge on any atom is -0.396 e. The highest BCUT2D eigenvalue weighted by molar-refractivity contribution is 4.88. The second kappa shape index (κ2) is 5.56. The summed E-state index contributed by atoms with van der Waals surface area (Å²) in [4.78, 5) is 0. The van der Waals surface area contributed by atoms with Crippen LogP contribution < -0.4 is 5.32 Å². The molecule has 1 aliphatic carbocycles. The zero-order valence-corrected chi connectivity index (χ0v) is 7.98. The molecule has 0 amide bonds. The Morgan fingerprint density at radius 3 is 2.00 bits per heavy atom. The fourth-order valence-corrected chi connectivity index (χ4v) is 1.44. The molecular weight excluding hydrogens is 138 g/mol. The molecule has 1 aliphatic rings. The molecule has 11 heavy (non-hydrogen) atoms. The van der Waals surface area contributed by atoms with E-state index in [1.807, 2.05) is 20.9 Å². The van der Waals surface area contributed by atoms with Crippen LogP contribution in [0, 0.1) is 5.41 Å². The molecule has 0 aromatic carbocycles. The number of aliphatic hydroxyl groups excluding tert-OH is 1. The van der Waals surface area contributed by atoms with Gasteiger partial charge < -0.3 is 10.4 Å². The second-order valence-corrected chi connectivity index (χ2v) is 3.04. The molecule has 0 saturated heterocycles. The van der Waals surface area contributed by atoms with Crippen molar-refractivity contribution in [3.63, 3.8) is 0 Å². The van der Waals surface area contributed by atoms with Crippen molar-refractivity contribution in [3.8, 4) is 0 Å². The molecule has 1 fully saturated rings. The standard InChI is InChI=1S/C7H15NO.C2H6/c1-8-5-7(6-9)3-2-4-7;1-2/h8-9H,2-6H2,1H3;1-2H3. The van der Waals surface area contributed by atoms with Crippen LogP contribution in [0.4, 0.5) is 0 Å². The zero-order chi connectivity index (χ0) is 8.74. The first-order valence-corrected chi connectivity index (χ1v) is 4.58. The predicted molar refractivity (Wildman–Crippen MR) is 48.6 cm³/mol. The maximum atomic E-state index is 8.93. The van der Waals surface area contributed by atoms with Crippen LogP contribution >= 0.6 is 0 Å². The molecule has 0 aliphatic heterocycles. The van der Waals surface area contributed by atoms with Gasteiger partial charge in [0.1, 0.15) is 0 Å². The molecular formula is C9H21NO. The van der Waals surface area contributed by atoms with Crippen LogP contribution in [-0.2, 0) is 0 Å². The number of aliphatic hydroxyl groups is 1. The van der Waals surface area contributed by atoms with Gasteiger partial charge in [-0.15, -0.1) is 0 Å². The first-order valence-electron chi connectivity index (χ1n) is 4.58. The molecule has 0 heterocycles. The molecule has 0 spiro atoms. The molecule has 1 rings (SSSR count). The van der Waals surface area contributed by atoms with E-state index in [0.717, 1.165) is 6.54 Å². The summed E-state index contributed by atoms with van der Waals surface area (Å²) in [5.41, 5.74) is 0.259. The van der Waals surface area contributed by atoms with Gasteiger partial charge in [-0.2, -0.15) is 0 Å². The van der Waals surface area contributed by atoms with Crippen molar-refractivity contribution in [2.24, 2.45) is 5.41 Å². The molecule has 0 radical (unpaired) electrons. The van der Waals surface area contributed by atoms with Crippen molar-refractivity contribution in [2.45, 2.75) is 33.1 Å². The molecule has 68 valence electrons. The normalized spacial score (nSPS) is 19.6. The number of rotatable bonds is 3. The Hall–Kier alpha value is -0.0800. The summed E-state index contributed by atoms with van der Waals surface area (Å²) < 4.78 is 0. The summed E-state index contributed by atoms with van der Waals surface area (Å²) in [6.07, 6.45) is 3.69. The van der Waals surface area contributed by atoms with Crippen molar-refractivity contribution in [1.29, 1.82) is 0 Å². The summed E-state index contributed by atoms with van der Waals surface area (Å²) in [5.74, 6) is 0. The molecule has 2 nitrogen and oxygen atoms in total. The third-order valence-corrected chi connectivity index (χ3v) is 2.30. The van der Waals surface area contributed by atoms with E-state index < -0.39 is 0 Å². The van der Waals surface area contributed by atoms with Gasteiger partial charge in [0.15, 0.2) is 0 Å². The molecule has 0 aromatic heterocycles. The van der Waals surface area contributed by atoms with Gasteiger partial charge in [-0.3, -0.25) is 0 Å². The smallest absolute Gasteiger partial charge is 0.0499 e. The molecule has 1 saturated carbocycles. The lowest BCUT2D eigenvalue weighted by molar-refractivity contribution is 0.0467. The van der Waals surface area contributed by atoms with Crippen LogP contribution in [0.1, 0.15) is 33.1 Å². The highest BCUT2D eigenvalue weighted by atomic mass is 16.3. The van der Waals surface area contributed by atoms with Crippen molar-refractivity contribution in [3.05, 3.63) is 0 Å². The fraction of sp³-hybridized carbons (Fsp3) is 1.00. The van der Waals surface area contributed by atoms with Gasteiger partial charge in [-0.1, -0.05) is 20.3 Å². The maximum Gasteiger partial charge on any atom is 0.0499 e. The lowest BCUT2D eigenvalue weighted by Gasteiger charge is -2.40. The van der Waals surface area contributed by atoms with Crippen LogP contribution in [0.3, 0.4) is 0 Å². The minimum atomic E-state index is 0.259. The quantitative estimate of drug-likeness (QED) is 0.652. The van der Waals surface area contributed by atoms with E-state index in [1.165, 1.54) is 19.3 Å². The van der Waals surface area contributed by atoms with Gasteiger partial charge in [0, 0.05) is 18.6 Å². The first-order chi connectivity index (χ1) is 5.33. The first kappa shape index (κ1) is 10.9. The van der Waals surface area contributed by atoms with Gasteiger partial charge in [0.2, 0.25) is 0 Å². The Morgan fingerprint density at radius 2 is 1.91 bits per heavy atom. The third-order valence-electron chi connectivity index (χ3n) is 2.30. The topological polar surface area (TPSA) is 32.3 Å². The van der Waals surface area contributed by atoms with Crippen molar-refractivity contribution >= 4 is 0 Å². The average molecular weight is 159 g/mol. The monoisotopic (exact) mass is 159 g/mol. The molecule has 2 heteroatoms. The van der Waals surface area contributed by atoms with Gasteiger partial charge >= 0.3 is 0 Å². The summed E-state index contributed by atoms with van der Waals surface area (Å²) in [6.45, 7) is 5.33. The van der Waals surface area contributed by atoms with Crippen LogP contribution in [0.15, 0.2) is 0 Å². The highest BCUT2D eigenvalue weighted by Gasteiger charge is 2.35. The van der Waals surface area contributed by atoms with Crippen molar-refractivity contribution in [2.75, 3.05) is 20.2 Å². The van der Waals surface area contributed by atoms with E-state index in [1.54, 1.807) is 0 Å². The van der Waals surface area contributed by atoms with Crippen LogP contribution in [0.2, 0.25) is 0 Å². The Morgan fingerprint density at radius 1 is 1.36 bits per heavy atom. The molecule has 0 unspecified atom stereocenters. The van der Waals surface area contributed by atoms with E-state index in [0.29, 0.717) is 6.61 Å². The van der Waals surface area contributed by atoms with E-state index >= 15 is 0 Å². The zero-order valence-electron chi connectivity index (χ0n) is 7.98. The Kier molecular flexibility index (Phi) is 5.51. The van der Waals surface area contributed by atoms with Crippen LogP contribution in [0.25, 0.3) is 0 Å². The van der Waals surface area contributed by atoms with Crippen molar-refractivity contribution < 1.29 is 5.11 Å². The lowest BCUT2D eigenvalue weighted by Crippen LogP contribution is -2.41. The van der Waals surface area contributed by atoms with Gasteiger partial charge in [0.05, 0.1) is 0 Å².